The molecule has 8 nitrogen and oxygen atoms in total. The van der Waals surface area contributed by atoms with Gasteiger partial charge < -0.3 is 13.7 Å². The van der Waals surface area contributed by atoms with Gasteiger partial charge in [-0.15, -0.1) is 0 Å². The summed E-state index contributed by atoms with van der Waals surface area (Å²) in [6, 6.07) is 15.2. The van der Waals surface area contributed by atoms with Gasteiger partial charge in [-0.1, -0.05) is 18.2 Å². The van der Waals surface area contributed by atoms with Gasteiger partial charge in [-0.05, 0) is 74.1 Å². The zero-order chi connectivity index (χ0) is 31.2. The fraction of sp³-hybridized carbons (Fsp3) is 0.281. The van der Waals surface area contributed by atoms with Crippen molar-refractivity contribution in [1.82, 2.24) is 19.5 Å². The number of nitrogens with zero attached hydrogens (tertiary/aromatic N) is 4. The number of hydrogen-bond donors (Lipinski definition) is 0. The lowest BCUT2D eigenvalue weighted by Gasteiger charge is -2.15. The summed E-state index contributed by atoms with van der Waals surface area (Å²) in [5.74, 6) is 1.34. The van der Waals surface area contributed by atoms with Crippen LogP contribution in [0.25, 0.3) is 39.4 Å². The van der Waals surface area contributed by atoms with E-state index in [-0.39, 0.29) is 16.8 Å². The second kappa shape index (κ2) is 11.2. The SMILES string of the molecule is Cc1nc(-c2cc(-c3cccc(S(C)(=O)=O)c3)ccc2-n2cc(C(F)(F)F)nc2C)c(-c2ccc(OC3CCCC3)nc2)o1. The molecule has 0 N–H and O–H groups in total. The number of aromatic nitrogens is 4. The van der Waals surface area contributed by atoms with E-state index in [1.165, 1.54) is 17.6 Å². The minimum Gasteiger partial charge on any atom is -0.474 e. The van der Waals surface area contributed by atoms with Crippen molar-refractivity contribution < 1.29 is 30.7 Å². The molecule has 1 aliphatic carbocycles. The third-order valence-electron chi connectivity index (χ3n) is 7.60. The summed E-state index contributed by atoms with van der Waals surface area (Å²) in [6.45, 7) is 3.17. The van der Waals surface area contributed by atoms with Crippen molar-refractivity contribution in [2.75, 3.05) is 6.26 Å². The molecule has 3 aromatic heterocycles. The molecule has 0 saturated heterocycles. The number of sulfone groups is 1. The second-order valence-corrected chi connectivity index (χ2v) is 12.9. The number of hydrogen-bond acceptors (Lipinski definition) is 7. The van der Waals surface area contributed by atoms with Crippen molar-refractivity contribution in [3.8, 4) is 45.3 Å². The fourth-order valence-corrected chi connectivity index (χ4v) is 6.11. The molecule has 0 amide bonds. The molecular weight excluding hydrogens is 593 g/mol. The first-order valence-corrected chi connectivity index (χ1v) is 15.9. The van der Waals surface area contributed by atoms with Crippen molar-refractivity contribution in [2.45, 2.75) is 56.7 Å². The lowest BCUT2D eigenvalue weighted by atomic mass is 9.98. The van der Waals surface area contributed by atoms with Crippen LogP contribution in [0.3, 0.4) is 0 Å². The molecular formula is C32H29F3N4O4S. The summed E-state index contributed by atoms with van der Waals surface area (Å²) < 4.78 is 78.8. The summed E-state index contributed by atoms with van der Waals surface area (Å²) >= 11 is 0. The standard InChI is InChI=1S/C32H29F3N4O4S/c1-19-37-28(32(33,34)35)18-39(19)27-13-11-22(21-7-6-10-25(15-21)44(3,40)41)16-26(27)30-31(42-20(2)38-30)23-12-14-29(36-17-23)43-24-8-4-5-9-24/h6-7,10-18,24H,4-5,8-9H2,1-3H3. The summed E-state index contributed by atoms with van der Waals surface area (Å²) in [7, 11) is -3.48. The van der Waals surface area contributed by atoms with E-state index >= 15 is 0 Å². The smallest absolute Gasteiger partial charge is 0.434 e. The molecule has 0 atom stereocenters. The molecule has 6 rings (SSSR count). The van der Waals surface area contributed by atoms with E-state index in [1.807, 2.05) is 6.07 Å². The lowest BCUT2D eigenvalue weighted by molar-refractivity contribution is -0.141. The van der Waals surface area contributed by atoms with Gasteiger partial charge in [-0.25, -0.2) is 23.4 Å². The first kappa shape index (κ1) is 29.6. The predicted molar refractivity (Wildman–Crippen MR) is 158 cm³/mol. The van der Waals surface area contributed by atoms with Gasteiger partial charge in [0.2, 0.25) is 5.88 Å². The number of aryl methyl sites for hydroxylation is 2. The Kier molecular flexibility index (Phi) is 7.56. The van der Waals surface area contributed by atoms with Crippen LogP contribution in [0.15, 0.2) is 76.3 Å². The van der Waals surface area contributed by atoms with E-state index in [4.69, 9.17) is 9.15 Å². The van der Waals surface area contributed by atoms with Crippen molar-refractivity contribution in [3.63, 3.8) is 0 Å². The fourth-order valence-electron chi connectivity index (χ4n) is 5.44. The number of imidazole rings is 1. The van der Waals surface area contributed by atoms with E-state index in [0.717, 1.165) is 38.1 Å². The lowest BCUT2D eigenvalue weighted by Crippen LogP contribution is -2.11. The van der Waals surface area contributed by atoms with E-state index in [9.17, 15) is 21.6 Å². The minimum absolute atomic E-state index is 0.127. The topological polar surface area (TPSA) is 100 Å². The van der Waals surface area contributed by atoms with Crippen LogP contribution < -0.4 is 4.74 Å². The Bertz CT molecular complexity index is 1940. The number of rotatable bonds is 7. The van der Waals surface area contributed by atoms with Gasteiger partial charge in [0.1, 0.15) is 17.6 Å². The third kappa shape index (κ3) is 5.99. The Hall–Kier alpha value is -4.45. The highest BCUT2D eigenvalue weighted by molar-refractivity contribution is 7.90. The molecule has 228 valence electrons. The van der Waals surface area contributed by atoms with Gasteiger partial charge >= 0.3 is 6.18 Å². The van der Waals surface area contributed by atoms with Crippen LogP contribution in [0.2, 0.25) is 0 Å². The maximum absolute atomic E-state index is 13.6. The molecule has 12 heteroatoms. The van der Waals surface area contributed by atoms with Crippen LogP contribution in [0.1, 0.15) is 43.1 Å². The first-order chi connectivity index (χ1) is 20.9. The number of alkyl halides is 3. The Morgan fingerprint density at radius 1 is 0.955 bits per heavy atom. The molecule has 2 aromatic carbocycles. The number of oxazole rings is 1. The third-order valence-corrected chi connectivity index (χ3v) is 8.71. The molecule has 0 radical (unpaired) electrons. The first-order valence-electron chi connectivity index (χ1n) is 14.1. The molecule has 44 heavy (non-hydrogen) atoms. The van der Waals surface area contributed by atoms with Crippen LogP contribution in [0, 0.1) is 13.8 Å². The van der Waals surface area contributed by atoms with Crippen LogP contribution in [-0.2, 0) is 16.0 Å². The monoisotopic (exact) mass is 622 g/mol. The van der Waals surface area contributed by atoms with Crippen LogP contribution >= 0.6 is 0 Å². The summed E-state index contributed by atoms with van der Waals surface area (Å²) in [6.07, 6.45) is 3.44. The average Bonchev–Trinajstić information content (AvgIpc) is 3.73. The number of ether oxygens (including phenoxy) is 1. The quantitative estimate of drug-likeness (QED) is 0.184. The van der Waals surface area contributed by atoms with Gasteiger partial charge in [-0.2, -0.15) is 13.2 Å². The highest BCUT2D eigenvalue weighted by atomic mass is 32.2. The summed E-state index contributed by atoms with van der Waals surface area (Å²) in [5.41, 5.74) is 2.05. The normalized spacial score (nSPS) is 14.3. The number of pyridine rings is 1. The number of benzene rings is 2. The van der Waals surface area contributed by atoms with Crippen LogP contribution in [-0.4, -0.2) is 40.3 Å². The zero-order valence-corrected chi connectivity index (χ0v) is 25.0. The van der Waals surface area contributed by atoms with E-state index in [0.29, 0.717) is 51.2 Å². The van der Waals surface area contributed by atoms with E-state index < -0.39 is 21.7 Å². The largest absolute Gasteiger partial charge is 0.474 e. The second-order valence-electron chi connectivity index (χ2n) is 10.9. The Morgan fingerprint density at radius 2 is 1.68 bits per heavy atom. The van der Waals surface area contributed by atoms with Crippen molar-refractivity contribution in [1.29, 1.82) is 0 Å². The van der Waals surface area contributed by atoms with Gasteiger partial charge in [0.05, 0.1) is 10.6 Å². The predicted octanol–water partition coefficient (Wildman–Crippen LogP) is 7.62. The highest BCUT2D eigenvalue weighted by Gasteiger charge is 2.35. The molecule has 0 unspecified atom stereocenters. The molecule has 1 fully saturated rings. The molecule has 1 aliphatic rings. The summed E-state index contributed by atoms with van der Waals surface area (Å²) in [4.78, 5) is 13.0. The minimum atomic E-state index is -4.63. The van der Waals surface area contributed by atoms with Crippen LogP contribution in [0.5, 0.6) is 5.88 Å². The highest BCUT2D eigenvalue weighted by Crippen LogP contribution is 2.40. The average molecular weight is 623 g/mol. The van der Waals surface area contributed by atoms with Crippen molar-refractivity contribution in [3.05, 3.63) is 84.4 Å². The van der Waals surface area contributed by atoms with Gasteiger partial charge in [0, 0.05) is 42.8 Å². The molecule has 0 aliphatic heterocycles. The molecule has 3 heterocycles. The molecule has 0 bridgehead atoms. The van der Waals surface area contributed by atoms with E-state index in [2.05, 4.69) is 15.0 Å². The van der Waals surface area contributed by atoms with Gasteiger partial charge in [0.25, 0.3) is 0 Å². The summed E-state index contributed by atoms with van der Waals surface area (Å²) in [5, 5.41) is 0. The van der Waals surface area contributed by atoms with Gasteiger partial charge in [-0.3, -0.25) is 0 Å². The molecule has 1 saturated carbocycles. The Balaban J connectivity index is 1.50. The van der Waals surface area contributed by atoms with Gasteiger partial charge in [0.15, 0.2) is 27.2 Å². The Labute approximate surface area is 252 Å². The van der Waals surface area contributed by atoms with Crippen molar-refractivity contribution in [2.24, 2.45) is 0 Å². The van der Waals surface area contributed by atoms with E-state index in [1.54, 1.807) is 55.6 Å². The maximum Gasteiger partial charge on any atom is 0.434 e. The molecule has 0 spiro atoms. The zero-order valence-electron chi connectivity index (χ0n) is 24.2. The maximum atomic E-state index is 13.6. The number of halogens is 3. The molecule has 5 aromatic rings. The van der Waals surface area contributed by atoms with Crippen LogP contribution in [0.4, 0.5) is 13.2 Å². The van der Waals surface area contributed by atoms with Crippen molar-refractivity contribution >= 4 is 9.84 Å². The Morgan fingerprint density at radius 3 is 2.34 bits per heavy atom.